The van der Waals surface area contributed by atoms with Crippen LogP contribution in [0.1, 0.15) is 11.1 Å². The zero-order chi connectivity index (χ0) is 20.4. The molecule has 29 heavy (non-hydrogen) atoms. The standard InChI is InChI=1S/C23H17F2N3O/c1-29-23-7-6-16(20-10-17-8-18(24)19(25)11-21(17)28-20)9-22(23)27-13-15-4-2-14(12-26)3-5-15/h2-11,27-28H,13H2,1H3. The minimum atomic E-state index is -0.884. The van der Waals surface area contributed by atoms with Crippen LogP contribution in [0.2, 0.25) is 0 Å². The van der Waals surface area contributed by atoms with E-state index in [2.05, 4.69) is 16.4 Å². The quantitative estimate of drug-likeness (QED) is 0.467. The Morgan fingerprint density at radius 2 is 1.76 bits per heavy atom. The van der Waals surface area contributed by atoms with Gasteiger partial charge in [-0.25, -0.2) is 8.78 Å². The van der Waals surface area contributed by atoms with Crippen molar-refractivity contribution in [2.45, 2.75) is 6.54 Å². The van der Waals surface area contributed by atoms with Crippen LogP contribution in [-0.2, 0) is 6.54 Å². The van der Waals surface area contributed by atoms with E-state index in [-0.39, 0.29) is 0 Å². The minimum Gasteiger partial charge on any atom is -0.495 e. The summed E-state index contributed by atoms with van der Waals surface area (Å²) in [5.74, 6) is -1.08. The van der Waals surface area contributed by atoms with Gasteiger partial charge in [-0.2, -0.15) is 5.26 Å². The van der Waals surface area contributed by atoms with Crippen LogP contribution in [0.3, 0.4) is 0 Å². The molecule has 0 amide bonds. The Kier molecular flexibility index (Phi) is 4.88. The highest BCUT2D eigenvalue weighted by Crippen LogP contribution is 2.32. The van der Waals surface area contributed by atoms with Gasteiger partial charge >= 0.3 is 0 Å². The molecule has 0 aliphatic carbocycles. The van der Waals surface area contributed by atoms with Crippen molar-refractivity contribution in [3.05, 3.63) is 83.4 Å². The molecular formula is C23H17F2N3O. The van der Waals surface area contributed by atoms with Crippen LogP contribution in [0.5, 0.6) is 5.75 Å². The molecule has 0 spiro atoms. The Morgan fingerprint density at radius 1 is 1.00 bits per heavy atom. The van der Waals surface area contributed by atoms with Crippen LogP contribution >= 0.6 is 0 Å². The highest BCUT2D eigenvalue weighted by molar-refractivity contribution is 5.86. The van der Waals surface area contributed by atoms with Gasteiger partial charge in [-0.1, -0.05) is 12.1 Å². The lowest BCUT2D eigenvalue weighted by Crippen LogP contribution is -2.01. The van der Waals surface area contributed by atoms with Crippen molar-refractivity contribution in [3.8, 4) is 23.1 Å². The van der Waals surface area contributed by atoms with Crippen molar-refractivity contribution in [2.75, 3.05) is 12.4 Å². The maximum absolute atomic E-state index is 13.5. The Balaban J connectivity index is 1.63. The van der Waals surface area contributed by atoms with Gasteiger partial charge in [0.05, 0.1) is 24.4 Å². The number of methoxy groups -OCH3 is 1. The molecule has 6 heteroatoms. The van der Waals surface area contributed by atoms with E-state index in [4.69, 9.17) is 10.00 Å². The lowest BCUT2D eigenvalue weighted by Gasteiger charge is -2.13. The monoisotopic (exact) mass is 389 g/mol. The van der Waals surface area contributed by atoms with Crippen LogP contribution in [-0.4, -0.2) is 12.1 Å². The van der Waals surface area contributed by atoms with E-state index in [9.17, 15) is 8.78 Å². The number of hydrogen-bond acceptors (Lipinski definition) is 3. The van der Waals surface area contributed by atoms with Crippen LogP contribution < -0.4 is 10.1 Å². The summed E-state index contributed by atoms with van der Waals surface area (Å²) in [6, 6.07) is 19.2. The third kappa shape index (κ3) is 3.76. The molecule has 3 aromatic carbocycles. The van der Waals surface area contributed by atoms with Gasteiger partial charge in [-0.3, -0.25) is 0 Å². The molecule has 2 N–H and O–H groups in total. The van der Waals surface area contributed by atoms with Crippen molar-refractivity contribution in [2.24, 2.45) is 0 Å². The van der Waals surface area contributed by atoms with Crippen molar-refractivity contribution >= 4 is 16.6 Å². The van der Waals surface area contributed by atoms with Gasteiger partial charge in [-0.15, -0.1) is 0 Å². The maximum atomic E-state index is 13.5. The first-order valence-corrected chi connectivity index (χ1v) is 8.96. The van der Waals surface area contributed by atoms with E-state index in [1.807, 2.05) is 30.3 Å². The van der Waals surface area contributed by atoms with Gasteiger partial charge < -0.3 is 15.0 Å². The molecule has 4 nitrogen and oxygen atoms in total. The summed E-state index contributed by atoms with van der Waals surface area (Å²) in [4.78, 5) is 3.13. The van der Waals surface area contributed by atoms with Crippen LogP contribution in [0.15, 0.2) is 60.7 Å². The predicted octanol–water partition coefficient (Wildman–Crippen LogP) is 5.61. The molecule has 4 rings (SSSR count). The van der Waals surface area contributed by atoms with Crippen LogP contribution in [0, 0.1) is 23.0 Å². The number of fused-ring (bicyclic) bond motifs is 1. The smallest absolute Gasteiger partial charge is 0.160 e. The van der Waals surface area contributed by atoms with Gasteiger partial charge in [0.25, 0.3) is 0 Å². The molecule has 0 saturated heterocycles. The third-order valence-corrected chi connectivity index (χ3v) is 4.74. The van der Waals surface area contributed by atoms with E-state index in [0.717, 1.165) is 28.6 Å². The number of nitriles is 1. The number of nitrogens with zero attached hydrogens (tertiary/aromatic N) is 1. The maximum Gasteiger partial charge on any atom is 0.160 e. The number of H-pyrrole nitrogens is 1. The summed E-state index contributed by atoms with van der Waals surface area (Å²) in [5, 5.41) is 12.8. The first-order valence-electron chi connectivity index (χ1n) is 8.96. The zero-order valence-electron chi connectivity index (χ0n) is 15.6. The first-order chi connectivity index (χ1) is 14.1. The number of nitrogens with one attached hydrogen (secondary N) is 2. The first kappa shape index (κ1) is 18.5. The number of benzene rings is 3. The van der Waals surface area contributed by atoms with E-state index >= 15 is 0 Å². The van der Waals surface area contributed by atoms with Crippen molar-refractivity contribution < 1.29 is 13.5 Å². The highest BCUT2D eigenvalue weighted by Gasteiger charge is 2.11. The van der Waals surface area contributed by atoms with Gasteiger partial charge in [0.2, 0.25) is 0 Å². The topological polar surface area (TPSA) is 60.8 Å². The molecule has 0 saturated carbocycles. The lowest BCUT2D eigenvalue weighted by atomic mass is 10.1. The zero-order valence-corrected chi connectivity index (χ0v) is 15.6. The third-order valence-electron chi connectivity index (χ3n) is 4.74. The molecule has 0 radical (unpaired) electrons. The van der Waals surface area contributed by atoms with Gasteiger partial charge in [0.1, 0.15) is 5.75 Å². The lowest BCUT2D eigenvalue weighted by molar-refractivity contribution is 0.416. The Bertz CT molecular complexity index is 1180. The van der Waals surface area contributed by atoms with E-state index in [1.54, 1.807) is 25.3 Å². The molecule has 0 atom stereocenters. The largest absolute Gasteiger partial charge is 0.495 e. The number of halogens is 2. The van der Waals surface area contributed by atoms with Crippen molar-refractivity contribution in [3.63, 3.8) is 0 Å². The van der Waals surface area contributed by atoms with E-state index in [0.29, 0.717) is 28.8 Å². The molecular weight excluding hydrogens is 372 g/mol. The predicted molar refractivity (Wildman–Crippen MR) is 109 cm³/mol. The number of anilines is 1. The number of aromatic nitrogens is 1. The molecule has 1 heterocycles. The summed E-state index contributed by atoms with van der Waals surface area (Å²) in [7, 11) is 1.59. The van der Waals surface area contributed by atoms with Gasteiger partial charge in [0, 0.05) is 34.8 Å². The SMILES string of the molecule is COc1ccc(-c2cc3cc(F)c(F)cc3[nH]2)cc1NCc1ccc(C#N)cc1. The average molecular weight is 389 g/mol. The molecule has 0 aliphatic heterocycles. The summed E-state index contributed by atoms with van der Waals surface area (Å²) < 4.78 is 32.4. The molecule has 1 aromatic heterocycles. The normalized spacial score (nSPS) is 10.7. The van der Waals surface area contributed by atoms with Gasteiger partial charge in [-0.05, 0) is 48.0 Å². The minimum absolute atomic E-state index is 0.529. The second-order valence-electron chi connectivity index (χ2n) is 6.61. The highest BCUT2D eigenvalue weighted by atomic mass is 19.2. The number of aromatic amines is 1. The molecule has 144 valence electrons. The number of ether oxygens (including phenoxy) is 1. The molecule has 0 aliphatic rings. The fourth-order valence-electron chi connectivity index (χ4n) is 3.19. The van der Waals surface area contributed by atoms with Gasteiger partial charge in [0.15, 0.2) is 11.6 Å². The van der Waals surface area contributed by atoms with E-state index in [1.165, 1.54) is 6.07 Å². The summed E-state index contributed by atoms with van der Waals surface area (Å²) in [6.45, 7) is 0.550. The summed E-state index contributed by atoms with van der Waals surface area (Å²) in [6.07, 6.45) is 0. The Hall–Kier alpha value is -3.85. The second kappa shape index (κ2) is 7.64. The van der Waals surface area contributed by atoms with Crippen LogP contribution in [0.25, 0.3) is 22.2 Å². The fourth-order valence-corrected chi connectivity index (χ4v) is 3.19. The Labute approximate surface area is 166 Å². The molecule has 0 bridgehead atoms. The van der Waals surface area contributed by atoms with E-state index < -0.39 is 11.6 Å². The number of rotatable bonds is 5. The van der Waals surface area contributed by atoms with Crippen LogP contribution in [0.4, 0.5) is 14.5 Å². The summed E-state index contributed by atoms with van der Waals surface area (Å²) >= 11 is 0. The Morgan fingerprint density at radius 3 is 2.48 bits per heavy atom. The molecule has 0 unspecified atom stereocenters. The number of hydrogen-bond donors (Lipinski definition) is 2. The molecule has 4 aromatic rings. The van der Waals surface area contributed by atoms with Crippen molar-refractivity contribution in [1.29, 1.82) is 5.26 Å². The summed E-state index contributed by atoms with van der Waals surface area (Å²) in [5.41, 5.74) is 4.54. The average Bonchev–Trinajstić information content (AvgIpc) is 3.15. The fraction of sp³-hybridized carbons (Fsp3) is 0.0870. The second-order valence-corrected chi connectivity index (χ2v) is 6.61. The van der Waals surface area contributed by atoms with Crippen molar-refractivity contribution in [1.82, 2.24) is 4.98 Å². The molecule has 0 fully saturated rings.